The van der Waals surface area contributed by atoms with Crippen LogP contribution in [0.5, 0.6) is 0 Å². The Morgan fingerprint density at radius 1 is 1.10 bits per heavy atom. The number of H-pyrrole nitrogens is 1. The molecule has 2 aliphatic carbocycles. The highest BCUT2D eigenvalue weighted by molar-refractivity contribution is 5.77. The van der Waals surface area contributed by atoms with Crippen molar-refractivity contribution < 1.29 is 19.4 Å². The van der Waals surface area contributed by atoms with Crippen molar-refractivity contribution >= 4 is 17.1 Å². The summed E-state index contributed by atoms with van der Waals surface area (Å²) in [6.07, 6.45) is 16.5. The van der Waals surface area contributed by atoms with Gasteiger partial charge in [0.2, 0.25) is 0 Å². The standard InChI is InChI=1S/C19H35NO2.C10H12N4O3/c1-3-20(4-2)15-16-22-18(21)19(13-9-6-10-14-19)17-11-7-5-8-12-17;15-3-6-1-2-7(17-6)14-5-13-8-9(14)11-4-12-10(8)16/h17H,3-16H2,1-2H3;4-7,15H,1-3H2,(H,11,12,16)/t;6-,7+/m.0/s1. The third-order valence-electron chi connectivity index (χ3n) is 9.05. The smallest absolute Gasteiger partial charge is 0.312 e. The summed E-state index contributed by atoms with van der Waals surface area (Å²) < 4.78 is 13.2. The lowest BCUT2D eigenvalue weighted by molar-refractivity contribution is -0.164. The molecular weight excluding hydrogens is 498 g/mol. The van der Waals surface area contributed by atoms with Gasteiger partial charge in [0.15, 0.2) is 5.52 Å². The number of aromatic nitrogens is 4. The Hall–Kier alpha value is -2.30. The number of hydrogen-bond acceptors (Lipinski definition) is 8. The summed E-state index contributed by atoms with van der Waals surface area (Å²) in [6, 6.07) is 0. The summed E-state index contributed by atoms with van der Waals surface area (Å²) >= 11 is 0. The van der Waals surface area contributed by atoms with Crippen LogP contribution in [0.3, 0.4) is 0 Å². The van der Waals surface area contributed by atoms with E-state index in [0.717, 1.165) is 45.3 Å². The Bertz CT molecular complexity index is 1090. The topological polar surface area (TPSA) is 123 Å². The third-order valence-corrected chi connectivity index (χ3v) is 9.05. The number of aliphatic hydroxyl groups excluding tert-OH is 1. The van der Waals surface area contributed by atoms with E-state index in [-0.39, 0.29) is 35.9 Å². The van der Waals surface area contributed by atoms with Gasteiger partial charge in [-0.1, -0.05) is 52.4 Å². The average molecular weight is 546 g/mol. The van der Waals surface area contributed by atoms with Crippen LogP contribution < -0.4 is 5.56 Å². The second-order valence-corrected chi connectivity index (χ2v) is 11.2. The van der Waals surface area contributed by atoms with Crippen molar-refractivity contribution in [3.05, 3.63) is 23.0 Å². The van der Waals surface area contributed by atoms with Crippen LogP contribution in [0.1, 0.15) is 97.1 Å². The Kier molecular flexibility index (Phi) is 10.9. The molecule has 2 aromatic heterocycles. The molecule has 5 rings (SSSR count). The van der Waals surface area contributed by atoms with Crippen molar-refractivity contribution in [2.45, 2.75) is 103 Å². The number of carbonyl (C=O) groups is 1. The molecule has 1 saturated heterocycles. The Morgan fingerprint density at radius 2 is 1.82 bits per heavy atom. The monoisotopic (exact) mass is 545 g/mol. The second-order valence-electron chi connectivity index (χ2n) is 11.2. The minimum absolute atomic E-state index is 0.0151. The lowest BCUT2D eigenvalue weighted by atomic mass is 9.62. The van der Waals surface area contributed by atoms with Gasteiger partial charge in [0.25, 0.3) is 0 Å². The predicted molar refractivity (Wildman–Crippen MR) is 149 cm³/mol. The first-order valence-corrected chi connectivity index (χ1v) is 15.1. The van der Waals surface area contributed by atoms with Crippen molar-refractivity contribution in [3.63, 3.8) is 0 Å². The lowest BCUT2D eigenvalue weighted by Crippen LogP contribution is -2.43. The second kappa shape index (κ2) is 14.4. The highest BCUT2D eigenvalue weighted by Gasteiger charge is 2.47. The van der Waals surface area contributed by atoms with E-state index in [1.807, 2.05) is 0 Å². The third kappa shape index (κ3) is 7.08. The molecule has 2 N–H and O–H groups in total. The van der Waals surface area contributed by atoms with Crippen molar-refractivity contribution in [2.24, 2.45) is 11.3 Å². The maximum atomic E-state index is 12.9. The fourth-order valence-corrected chi connectivity index (χ4v) is 6.69. The first-order valence-electron chi connectivity index (χ1n) is 15.1. The lowest BCUT2D eigenvalue weighted by Gasteiger charge is -2.43. The molecule has 0 spiro atoms. The van der Waals surface area contributed by atoms with Crippen molar-refractivity contribution in [1.82, 2.24) is 24.4 Å². The molecule has 2 saturated carbocycles. The van der Waals surface area contributed by atoms with Crippen LogP contribution >= 0.6 is 0 Å². The van der Waals surface area contributed by atoms with Gasteiger partial charge in [0.05, 0.1) is 30.8 Å². The van der Waals surface area contributed by atoms with Crippen LogP contribution in [0.15, 0.2) is 17.4 Å². The maximum Gasteiger partial charge on any atom is 0.312 e. The fourth-order valence-electron chi connectivity index (χ4n) is 6.69. The van der Waals surface area contributed by atoms with Crippen LogP contribution in [0.4, 0.5) is 0 Å². The zero-order valence-corrected chi connectivity index (χ0v) is 23.8. The summed E-state index contributed by atoms with van der Waals surface area (Å²) in [5.41, 5.74) is 0.424. The number of ether oxygens (including phenoxy) is 2. The molecule has 3 fully saturated rings. The number of hydrogen-bond donors (Lipinski definition) is 2. The van der Waals surface area contributed by atoms with Gasteiger partial charge in [-0.3, -0.25) is 14.2 Å². The van der Waals surface area contributed by atoms with Gasteiger partial charge < -0.3 is 24.5 Å². The van der Waals surface area contributed by atoms with Crippen LogP contribution in [-0.2, 0) is 14.3 Å². The summed E-state index contributed by atoms with van der Waals surface area (Å²) in [6.45, 7) is 7.84. The summed E-state index contributed by atoms with van der Waals surface area (Å²) in [4.78, 5) is 37.2. The number of nitrogens with one attached hydrogen (secondary N) is 1. The molecular formula is C29H47N5O5. The van der Waals surface area contributed by atoms with E-state index in [1.165, 1.54) is 57.7 Å². The Balaban J connectivity index is 0.000000186. The molecule has 2 atom stereocenters. The number of rotatable bonds is 9. The number of carbonyl (C=O) groups excluding carboxylic acids is 1. The number of imidazole rings is 1. The van der Waals surface area contributed by atoms with Crippen LogP contribution in [0, 0.1) is 11.3 Å². The minimum Gasteiger partial charge on any atom is -0.464 e. The van der Waals surface area contributed by atoms with Crippen molar-refractivity contribution in [2.75, 3.05) is 32.8 Å². The van der Waals surface area contributed by atoms with Gasteiger partial charge in [-0.2, -0.15) is 4.98 Å². The Morgan fingerprint density at radius 3 is 2.49 bits per heavy atom. The normalized spacial score (nSPS) is 23.5. The summed E-state index contributed by atoms with van der Waals surface area (Å²) in [7, 11) is 0. The molecule has 10 heteroatoms. The van der Waals surface area contributed by atoms with E-state index in [1.54, 1.807) is 10.9 Å². The minimum atomic E-state index is -0.353. The maximum absolute atomic E-state index is 12.9. The number of likely N-dealkylation sites (N-methyl/N-ethyl adjacent to an activating group) is 1. The molecule has 3 aliphatic rings. The molecule has 0 amide bonds. The van der Waals surface area contributed by atoms with Crippen molar-refractivity contribution in [3.8, 4) is 0 Å². The van der Waals surface area contributed by atoms with E-state index < -0.39 is 0 Å². The molecule has 0 unspecified atom stereocenters. The van der Waals surface area contributed by atoms with Gasteiger partial charge in [0, 0.05) is 6.54 Å². The van der Waals surface area contributed by atoms with E-state index in [0.29, 0.717) is 23.7 Å². The molecule has 3 heterocycles. The number of aliphatic hydroxyl groups is 1. The first-order chi connectivity index (χ1) is 19.0. The van der Waals surface area contributed by atoms with Crippen molar-refractivity contribution in [1.29, 1.82) is 0 Å². The highest BCUT2D eigenvalue weighted by Crippen LogP contribution is 2.49. The van der Waals surface area contributed by atoms with Gasteiger partial charge in [0.1, 0.15) is 18.5 Å². The SMILES string of the molecule is CCN(CC)CCOC(=O)C1(C2CCCCC2)CCCCC1.O=c1nc[nH]c2c1ncn2[C@H]1CC[C@@H](CO)O1. The quantitative estimate of drug-likeness (QED) is 0.450. The predicted octanol–water partition coefficient (Wildman–Crippen LogP) is 4.19. The first kappa shape index (κ1) is 29.7. The Labute approximate surface area is 231 Å². The zero-order valence-electron chi connectivity index (χ0n) is 23.8. The fraction of sp³-hybridized carbons (Fsp3) is 0.793. The van der Waals surface area contributed by atoms with E-state index >= 15 is 0 Å². The molecule has 0 radical (unpaired) electrons. The van der Waals surface area contributed by atoms with E-state index in [4.69, 9.17) is 14.6 Å². The number of nitrogens with zero attached hydrogens (tertiary/aromatic N) is 4. The molecule has 0 bridgehead atoms. The van der Waals surface area contributed by atoms with E-state index in [2.05, 4.69) is 33.7 Å². The highest BCUT2D eigenvalue weighted by atomic mass is 16.5. The molecule has 1 aliphatic heterocycles. The number of esters is 1. The van der Waals surface area contributed by atoms with Gasteiger partial charge in [-0.25, -0.2) is 4.98 Å². The molecule has 10 nitrogen and oxygen atoms in total. The van der Waals surface area contributed by atoms with Gasteiger partial charge in [-0.05, 0) is 57.5 Å². The molecule has 2 aromatic rings. The average Bonchev–Trinajstić information content (AvgIpc) is 3.64. The van der Waals surface area contributed by atoms with Gasteiger partial charge in [-0.15, -0.1) is 0 Å². The molecule has 0 aromatic carbocycles. The molecule has 39 heavy (non-hydrogen) atoms. The summed E-state index contributed by atoms with van der Waals surface area (Å²) in [5, 5.41) is 9.02. The molecule has 218 valence electrons. The van der Waals surface area contributed by atoms with Gasteiger partial charge >= 0.3 is 11.5 Å². The largest absolute Gasteiger partial charge is 0.464 e. The number of aromatic amines is 1. The zero-order chi connectivity index (χ0) is 27.7. The number of fused-ring (bicyclic) bond motifs is 1. The van der Waals surface area contributed by atoms with Crippen LogP contribution in [0.25, 0.3) is 11.2 Å². The van der Waals surface area contributed by atoms with E-state index in [9.17, 15) is 9.59 Å². The van der Waals surface area contributed by atoms with Crippen LogP contribution in [0.2, 0.25) is 0 Å². The van der Waals surface area contributed by atoms with Crippen LogP contribution in [-0.4, -0.2) is 74.4 Å². The summed E-state index contributed by atoms with van der Waals surface area (Å²) in [5.74, 6) is 0.716.